The number of rotatable bonds is 6. The molecule has 0 aliphatic carbocycles. The molecule has 112 valence electrons. The van der Waals surface area contributed by atoms with Crippen molar-refractivity contribution in [2.75, 3.05) is 6.54 Å². The number of benzene rings is 2. The van der Waals surface area contributed by atoms with E-state index in [0.717, 1.165) is 23.0 Å². The van der Waals surface area contributed by atoms with Crippen LogP contribution < -0.4 is 5.32 Å². The fraction of sp³-hybridized carbons (Fsp3) is 0.333. The van der Waals surface area contributed by atoms with Gasteiger partial charge in [0.25, 0.3) is 0 Å². The van der Waals surface area contributed by atoms with Crippen LogP contribution in [0.3, 0.4) is 0 Å². The Morgan fingerprint density at radius 3 is 2.57 bits per heavy atom. The first-order chi connectivity index (χ1) is 10.1. The second-order valence-corrected chi connectivity index (χ2v) is 7.16. The lowest BCUT2D eigenvalue weighted by Crippen LogP contribution is -2.19. The van der Waals surface area contributed by atoms with Crippen LogP contribution in [-0.2, 0) is 6.54 Å². The van der Waals surface area contributed by atoms with Crippen molar-refractivity contribution in [3.63, 3.8) is 0 Å². The van der Waals surface area contributed by atoms with E-state index in [2.05, 4.69) is 50.4 Å². The molecule has 0 unspecified atom stereocenters. The molecule has 0 heterocycles. The highest BCUT2D eigenvalue weighted by Gasteiger charge is 2.07. The van der Waals surface area contributed by atoms with Crippen LogP contribution in [0.2, 0.25) is 5.02 Å². The lowest BCUT2D eigenvalue weighted by atomic mass is 10.1. The average molecular weight is 320 g/mol. The molecule has 0 spiro atoms. The summed E-state index contributed by atoms with van der Waals surface area (Å²) in [5.74, 6) is 0.662. The van der Waals surface area contributed by atoms with Crippen LogP contribution in [0.4, 0.5) is 0 Å². The average Bonchev–Trinajstić information content (AvgIpc) is 2.43. The first kappa shape index (κ1) is 16.4. The highest BCUT2D eigenvalue weighted by molar-refractivity contribution is 7.99. The zero-order valence-corrected chi connectivity index (χ0v) is 14.4. The Kier molecular flexibility index (Phi) is 6.16. The fourth-order valence-corrected chi connectivity index (χ4v) is 3.29. The molecule has 0 aliphatic rings. The van der Waals surface area contributed by atoms with Gasteiger partial charge in [-0.05, 0) is 43.1 Å². The third-order valence-electron chi connectivity index (χ3n) is 3.14. The Labute approximate surface area is 137 Å². The summed E-state index contributed by atoms with van der Waals surface area (Å²) in [5, 5.41) is 4.33. The Balaban J connectivity index is 2.16. The Morgan fingerprint density at radius 1 is 1.10 bits per heavy atom. The van der Waals surface area contributed by atoms with Gasteiger partial charge in [0.1, 0.15) is 0 Å². The molecule has 21 heavy (non-hydrogen) atoms. The van der Waals surface area contributed by atoms with Crippen LogP contribution in [0, 0.1) is 12.8 Å². The first-order valence-corrected chi connectivity index (χ1v) is 8.48. The lowest BCUT2D eigenvalue weighted by molar-refractivity contribution is 0.550. The molecule has 0 fully saturated rings. The maximum atomic E-state index is 6.27. The normalized spacial score (nSPS) is 11.1. The standard InChI is InChI=1S/C18H22ClNS/c1-13(2)11-20-12-15-10-14(3)8-9-17(15)21-18-7-5-4-6-16(18)19/h4-10,13,20H,11-12H2,1-3H3. The first-order valence-electron chi connectivity index (χ1n) is 7.29. The zero-order chi connectivity index (χ0) is 15.2. The molecule has 0 saturated carbocycles. The molecule has 0 radical (unpaired) electrons. The van der Waals surface area contributed by atoms with Crippen LogP contribution in [0.15, 0.2) is 52.3 Å². The number of hydrogen-bond acceptors (Lipinski definition) is 2. The summed E-state index contributed by atoms with van der Waals surface area (Å²) in [6.07, 6.45) is 0. The smallest absolute Gasteiger partial charge is 0.0545 e. The van der Waals surface area contributed by atoms with E-state index in [0.29, 0.717) is 5.92 Å². The van der Waals surface area contributed by atoms with Gasteiger partial charge in [-0.3, -0.25) is 0 Å². The number of nitrogens with one attached hydrogen (secondary N) is 1. The van der Waals surface area contributed by atoms with Crippen LogP contribution in [-0.4, -0.2) is 6.54 Å². The van der Waals surface area contributed by atoms with Gasteiger partial charge in [-0.1, -0.05) is 67.0 Å². The van der Waals surface area contributed by atoms with Crippen molar-refractivity contribution < 1.29 is 0 Å². The predicted octanol–water partition coefficient (Wildman–Crippen LogP) is 5.55. The van der Waals surface area contributed by atoms with E-state index in [9.17, 15) is 0 Å². The van der Waals surface area contributed by atoms with E-state index in [-0.39, 0.29) is 0 Å². The minimum absolute atomic E-state index is 0.662. The Morgan fingerprint density at radius 2 is 1.86 bits per heavy atom. The monoisotopic (exact) mass is 319 g/mol. The molecule has 2 aromatic rings. The summed E-state index contributed by atoms with van der Waals surface area (Å²) < 4.78 is 0. The minimum Gasteiger partial charge on any atom is -0.312 e. The van der Waals surface area contributed by atoms with Crippen molar-refractivity contribution in [2.45, 2.75) is 37.1 Å². The van der Waals surface area contributed by atoms with E-state index in [1.54, 1.807) is 11.8 Å². The molecule has 0 aromatic heterocycles. The molecule has 0 amide bonds. The number of halogens is 1. The molecule has 2 rings (SSSR count). The van der Waals surface area contributed by atoms with E-state index >= 15 is 0 Å². The Hall–Kier alpha value is -0.960. The van der Waals surface area contributed by atoms with E-state index in [1.807, 2.05) is 18.2 Å². The zero-order valence-electron chi connectivity index (χ0n) is 12.8. The summed E-state index contributed by atoms with van der Waals surface area (Å²) in [4.78, 5) is 2.37. The highest BCUT2D eigenvalue weighted by Crippen LogP contribution is 2.35. The Bertz CT molecular complexity index is 596. The van der Waals surface area contributed by atoms with Crippen molar-refractivity contribution in [2.24, 2.45) is 5.92 Å². The van der Waals surface area contributed by atoms with Crippen LogP contribution in [0.25, 0.3) is 0 Å². The molecule has 0 aliphatic heterocycles. The van der Waals surface area contributed by atoms with Gasteiger partial charge in [0, 0.05) is 16.3 Å². The SMILES string of the molecule is Cc1ccc(Sc2ccccc2Cl)c(CNCC(C)C)c1. The van der Waals surface area contributed by atoms with E-state index in [4.69, 9.17) is 11.6 Å². The van der Waals surface area contributed by atoms with Crippen LogP contribution in [0.5, 0.6) is 0 Å². The molecule has 0 saturated heterocycles. The minimum atomic E-state index is 0.662. The van der Waals surface area contributed by atoms with Crippen molar-refractivity contribution >= 4 is 23.4 Å². The number of aryl methyl sites for hydroxylation is 1. The molecule has 0 atom stereocenters. The van der Waals surface area contributed by atoms with Crippen molar-refractivity contribution in [3.8, 4) is 0 Å². The molecular formula is C18H22ClNS. The van der Waals surface area contributed by atoms with Gasteiger partial charge >= 0.3 is 0 Å². The van der Waals surface area contributed by atoms with Gasteiger partial charge < -0.3 is 5.32 Å². The summed E-state index contributed by atoms with van der Waals surface area (Å²) in [7, 11) is 0. The second kappa shape index (κ2) is 7.88. The van der Waals surface area contributed by atoms with Gasteiger partial charge in [0.15, 0.2) is 0 Å². The van der Waals surface area contributed by atoms with Crippen molar-refractivity contribution in [1.82, 2.24) is 5.32 Å². The van der Waals surface area contributed by atoms with Crippen molar-refractivity contribution in [3.05, 3.63) is 58.6 Å². The van der Waals surface area contributed by atoms with Gasteiger partial charge in [0.2, 0.25) is 0 Å². The molecule has 1 N–H and O–H groups in total. The summed E-state index contributed by atoms with van der Waals surface area (Å²) in [6, 6.07) is 14.6. The van der Waals surface area contributed by atoms with Crippen molar-refractivity contribution in [1.29, 1.82) is 0 Å². The fourth-order valence-electron chi connectivity index (χ4n) is 2.09. The number of hydrogen-bond donors (Lipinski definition) is 1. The second-order valence-electron chi connectivity index (χ2n) is 5.67. The maximum absolute atomic E-state index is 6.27. The van der Waals surface area contributed by atoms with E-state index < -0.39 is 0 Å². The molecule has 3 heteroatoms. The third kappa shape index (κ3) is 5.06. The highest BCUT2D eigenvalue weighted by atomic mass is 35.5. The largest absolute Gasteiger partial charge is 0.312 e. The van der Waals surface area contributed by atoms with Gasteiger partial charge in [-0.15, -0.1) is 0 Å². The quantitative estimate of drug-likeness (QED) is 0.749. The van der Waals surface area contributed by atoms with Gasteiger partial charge in [0.05, 0.1) is 5.02 Å². The summed E-state index contributed by atoms with van der Waals surface area (Å²) in [6.45, 7) is 8.51. The van der Waals surface area contributed by atoms with E-state index in [1.165, 1.54) is 16.0 Å². The molecular weight excluding hydrogens is 298 g/mol. The van der Waals surface area contributed by atoms with Gasteiger partial charge in [-0.2, -0.15) is 0 Å². The maximum Gasteiger partial charge on any atom is 0.0545 e. The summed E-state index contributed by atoms with van der Waals surface area (Å²) >= 11 is 8.00. The molecule has 2 aromatic carbocycles. The molecule has 1 nitrogen and oxygen atoms in total. The third-order valence-corrected chi connectivity index (χ3v) is 4.78. The predicted molar refractivity (Wildman–Crippen MR) is 93.3 cm³/mol. The lowest BCUT2D eigenvalue weighted by Gasteiger charge is -2.13. The summed E-state index contributed by atoms with van der Waals surface area (Å²) in [5.41, 5.74) is 2.63. The van der Waals surface area contributed by atoms with Gasteiger partial charge in [-0.25, -0.2) is 0 Å². The van der Waals surface area contributed by atoms with Crippen LogP contribution in [0.1, 0.15) is 25.0 Å². The topological polar surface area (TPSA) is 12.0 Å². The molecule has 0 bridgehead atoms. The van der Waals surface area contributed by atoms with Crippen LogP contribution >= 0.6 is 23.4 Å².